The molecule has 0 saturated heterocycles. The van der Waals surface area contributed by atoms with Crippen molar-refractivity contribution in [2.24, 2.45) is 0 Å². The molecule has 2 aliphatic rings. The SMILES string of the molecule is c1ccc(-c2ccc3c(c2)c2cc(-c4ccccc4)ccc2n3-c2ccccc2N2c3ccccc3B3c4ccccc4N(c4ccccc4)c4cc(N(c5ccccc5)c5ccccc5)cc2c43)cc1. The Kier molecular flexibility index (Phi) is 9.59. The Balaban J connectivity index is 1.07. The van der Waals surface area contributed by atoms with Crippen LogP contribution in [0.25, 0.3) is 49.7 Å². The third-order valence-electron chi connectivity index (χ3n) is 14.5. The minimum Gasteiger partial charge on any atom is -0.311 e. The van der Waals surface area contributed by atoms with Gasteiger partial charge in [0, 0.05) is 50.6 Å². The average molecular weight is 905 g/mol. The number of para-hydroxylation sites is 7. The maximum Gasteiger partial charge on any atom is 0.252 e. The molecule has 0 radical (unpaired) electrons. The molecule has 5 heteroatoms. The van der Waals surface area contributed by atoms with Crippen LogP contribution in [0.1, 0.15) is 0 Å². The molecule has 332 valence electrons. The van der Waals surface area contributed by atoms with Crippen LogP contribution in [0, 0.1) is 0 Å². The van der Waals surface area contributed by atoms with Gasteiger partial charge in [-0.3, -0.25) is 0 Å². The Bertz CT molecular complexity index is 3810. The molecular weight excluding hydrogens is 860 g/mol. The van der Waals surface area contributed by atoms with Gasteiger partial charge in [0.15, 0.2) is 0 Å². The molecule has 4 nitrogen and oxygen atoms in total. The molecule has 2 aliphatic heterocycles. The van der Waals surface area contributed by atoms with E-state index in [0.29, 0.717) is 0 Å². The van der Waals surface area contributed by atoms with Crippen molar-refractivity contribution < 1.29 is 0 Å². The van der Waals surface area contributed by atoms with Gasteiger partial charge in [-0.05, 0) is 136 Å². The lowest BCUT2D eigenvalue weighted by Gasteiger charge is -2.45. The molecule has 71 heavy (non-hydrogen) atoms. The molecule has 11 aromatic carbocycles. The van der Waals surface area contributed by atoms with Gasteiger partial charge < -0.3 is 19.3 Å². The maximum absolute atomic E-state index is 2.56. The zero-order valence-electron chi connectivity index (χ0n) is 38.8. The van der Waals surface area contributed by atoms with E-state index in [1.54, 1.807) is 0 Å². The van der Waals surface area contributed by atoms with Crippen molar-refractivity contribution >= 4 is 96.1 Å². The van der Waals surface area contributed by atoms with Gasteiger partial charge in [-0.2, -0.15) is 0 Å². The molecule has 0 unspecified atom stereocenters. The lowest BCUT2D eigenvalue weighted by atomic mass is 9.33. The van der Waals surface area contributed by atoms with Crippen LogP contribution < -0.4 is 31.1 Å². The van der Waals surface area contributed by atoms with Gasteiger partial charge in [-0.1, -0.05) is 176 Å². The predicted octanol–water partition coefficient (Wildman–Crippen LogP) is 15.7. The lowest BCUT2D eigenvalue weighted by Crippen LogP contribution is -2.61. The molecule has 0 bridgehead atoms. The first-order chi connectivity index (χ1) is 35.3. The van der Waals surface area contributed by atoms with E-state index in [9.17, 15) is 0 Å². The summed E-state index contributed by atoms with van der Waals surface area (Å²) in [5, 5.41) is 2.42. The topological polar surface area (TPSA) is 14.7 Å². The number of hydrogen-bond donors (Lipinski definition) is 0. The highest BCUT2D eigenvalue weighted by Crippen LogP contribution is 2.50. The minimum atomic E-state index is -0.0206. The van der Waals surface area contributed by atoms with Crippen LogP contribution in [0.4, 0.5) is 51.2 Å². The largest absolute Gasteiger partial charge is 0.311 e. The predicted molar refractivity (Wildman–Crippen MR) is 300 cm³/mol. The van der Waals surface area contributed by atoms with E-state index in [4.69, 9.17) is 0 Å². The highest BCUT2D eigenvalue weighted by Gasteiger charge is 2.44. The monoisotopic (exact) mass is 904 g/mol. The van der Waals surface area contributed by atoms with E-state index in [1.165, 1.54) is 55.1 Å². The van der Waals surface area contributed by atoms with Gasteiger partial charge in [0.05, 0.1) is 28.1 Å². The van der Waals surface area contributed by atoms with Crippen molar-refractivity contribution in [2.75, 3.05) is 14.7 Å². The molecule has 0 atom stereocenters. The van der Waals surface area contributed by atoms with Gasteiger partial charge in [-0.25, -0.2) is 0 Å². The maximum atomic E-state index is 2.56. The molecule has 0 fully saturated rings. The fourth-order valence-corrected chi connectivity index (χ4v) is 11.5. The summed E-state index contributed by atoms with van der Waals surface area (Å²) >= 11 is 0. The van der Waals surface area contributed by atoms with Crippen molar-refractivity contribution in [3.05, 3.63) is 273 Å². The van der Waals surface area contributed by atoms with E-state index in [1.807, 2.05) is 0 Å². The second kappa shape index (κ2) is 16.7. The van der Waals surface area contributed by atoms with Crippen LogP contribution >= 0.6 is 0 Å². The average Bonchev–Trinajstić information content (AvgIpc) is 3.77. The summed E-state index contributed by atoms with van der Waals surface area (Å²) in [6, 6.07) is 99.9. The Morgan fingerprint density at radius 2 is 0.690 bits per heavy atom. The number of aromatic nitrogens is 1. The number of benzene rings is 11. The second-order valence-electron chi connectivity index (χ2n) is 18.5. The molecule has 0 aliphatic carbocycles. The standard InChI is InChI=1S/C66H45BN4/c1-6-22-46(23-7-1)48-38-40-58-54(42-48)55-43-49(47-24-8-2-9-25-47)39-41-59(55)70(58)62-36-20-21-37-63(62)71-61-35-19-17-33-57(61)67-56-32-16-18-34-60(56)69(52-30-14-5-15-31-52)64-44-53(45-65(71)66(64)67)68(50-26-10-3-11-27-50)51-28-12-4-13-29-51/h1-45H. The molecule has 0 saturated carbocycles. The first-order valence-corrected chi connectivity index (χ1v) is 24.5. The Labute approximate surface area is 414 Å². The quantitative estimate of drug-likeness (QED) is 0.141. The third kappa shape index (κ3) is 6.62. The first-order valence-electron chi connectivity index (χ1n) is 24.5. The van der Waals surface area contributed by atoms with Crippen LogP contribution in [0.3, 0.4) is 0 Å². The molecule has 1 aromatic heterocycles. The third-order valence-corrected chi connectivity index (χ3v) is 14.5. The summed E-state index contributed by atoms with van der Waals surface area (Å²) in [5.41, 5.74) is 22.1. The first kappa shape index (κ1) is 40.7. The Morgan fingerprint density at radius 3 is 1.21 bits per heavy atom. The van der Waals surface area contributed by atoms with E-state index < -0.39 is 0 Å². The fraction of sp³-hybridized carbons (Fsp3) is 0. The summed E-state index contributed by atoms with van der Waals surface area (Å²) in [6.45, 7) is -0.0206. The van der Waals surface area contributed by atoms with Crippen LogP contribution in [-0.4, -0.2) is 11.3 Å². The van der Waals surface area contributed by atoms with Gasteiger partial charge in [-0.15, -0.1) is 0 Å². The zero-order valence-corrected chi connectivity index (χ0v) is 38.8. The Hall–Kier alpha value is -9.32. The Morgan fingerprint density at radius 1 is 0.282 bits per heavy atom. The number of nitrogens with zero attached hydrogens (tertiary/aromatic N) is 4. The van der Waals surface area contributed by atoms with Gasteiger partial charge >= 0.3 is 0 Å². The summed E-state index contributed by atoms with van der Waals surface area (Å²) in [5.74, 6) is 0. The van der Waals surface area contributed by atoms with Gasteiger partial charge in [0.25, 0.3) is 6.71 Å². The number of rotatable bonds is 8. The number of fused-ring (bicyclic) bond motifs is 7. The van der Waals surface area contributed by atoms with Gasteiger partial charge in [0.1, 0.15) is 0 Å². The lowest BCUT2D eigenvalue weighted by molar-refractivity contribution is 1.15. The highest BCUT2D eigenvalue weighted by molar-refractivity contribution is 7.00. The smallest absolute Gasteiger partial charge is 0.252 e. The van der Waals surface area contributed by atoms with E-state index in [2.05, 4.69) is 292 Å². The number of anilines is 9. The second-order valence-corrected chi connectivity index (χ2v) is 18.5. The van der Waals surface area contributed by atoms with Crippen LogP contribution in [0.5, 0.6) is 0 Å². The van der Waals surface area contributed by atoms with E-state index in [0.717, 1.165) is 62.2 Å². The molecule has 0 amide bonds. The molecule has 12 aromatic rings. The van der Waals surface area contributed by atoms with Crippen molar-refractivity contribution in [1.82, 2.24) is 4.57 Å². The molecule has 3 heterocycles. The van der Waals surface area contributed by atoms with Crippen LogP contribution in [0.15, 0.2) is 273 Å². The van der Waals surface area contributed by atoms with Crippen molar-refractivity contribution in [3.63, 3.8) is 0 Å². The van der Waals surface area contributed by atoms with Crippen molar-refractivity contribution in [3.8, 4) is 27.9 Å². The number of hydrogen-bond acceptors (Lipinski definition) is 3. The summed E-state index contributed by atoms with van der Waals surface area (Å²) in [4.78, 5) is 7.45. The minimum absolute atomic E-state index is 0.0206. The highest BCUT2D eigenvalue weighted by atomic mass is 15.2. The summed E-state index contributed by atoms with van der Waals surface area (Å²) < 4.78 is 2.50. The van der Waals surface area contributed by atoms with Crippen molar-refractivity contribution in [2.45, 2.75) is 0 Å². The molecule has 0 spiro atoms. The zero-order chi connectivity index (χ0) is 46.8. The van der Waals surface area contributed by atoms with Crippen LogP contribution in [0.2, 0.25) is 0 Å². The summed E-state index contributed by atoms with van der Waals surface area (Å²) in [7, 11) is 0. The van der Waals surface area contributed by atoms with E-state index >= 15 is 0 Å². The van der Waals surface area contributed by atoms with Crippen LogP contribution in [-0.2, 0) is 0 Å². The van der Waals surface area contributed by atoms with Gasteiger partial charge in [0.2, 0.25) is 0 Å². The fourth-order valence-electron chi connectivity index (χ4n) is 11.5. The normalized spacial score (nSPS) is 12.4. The van der Waals surface area contributed by atoms with Crippen molar-refractivity contribution in [1.29, 1.82) is 0 Å². The molecule has 14 rings (SSSR count). The summed E-state index contributed by atoms with van der Waals surface area (Å²) in [6.07, 6.45) is 0. The van der Waals surface area contributed by atoms with E-state index in [-0.39, 0.29) is 6.71 Å². The molecular formula is C66H45BN4. The molecule has 0 N–H and O–H groups in total.